The van der Waals surface area contributed by atoms with Gasteiger partial charge in [-0.3, -0.25) is 10.1 Å². The first-order valence-corrected chi connectivity index (χ1v) is 7.05. The number of hydrogen-bond acceptors (Lipinski definition) is 3. The van der Waals surface area contributed by atoms with Gasteiger partial charge in [-0.25, -0.2) is 4.39 Å². The molecule has 5 heteroatoms. The maximum atomic E-state index is 13.7. The van der Waals surface area contributed by atoms with Crippen LogP contribution >= 0.6 is 0 Å². The predicted octanol–water partition coefficient (Wildman–Crippen LogP) is 2.79. The zero-order chi connectivity index (χ0) is 16.2. The minimum absolute atomic E-state index is 0.0802. The number of amides is 1. The first kappa shape index (κ1) is 17.4. The molecule has 0 fully saturated rings. The van der Waals surface area contributed by atoms with Crippen LogP contribution in [0.15, 0.2) is 18.2 Å². The van der Waals surface area contributed by atoms with E-state index >= 15 is 0 Å². The molecular weight excluding hydrogens is 271 g/mol. The van der Waals surface area contributed by atoms with E-state index in [1.54, 1.807) is 19.1 Å². The summed E-state index contributed by atoms with van der Waals surface area (Å²) in [5.41, 5.74) is 0.492. The van der Waals surface area contributed by atoms with Crippen LogP contribution in [0.3, 0.4) is 0 Å². The molecule has 0 bridgehead atoms. The number of carbonyl (C=O) groups excluding carboxylic acids is 1. The first-order chi connectivity index (χ1) is 9.64. The normalized spacial score (nSPS) is 14.4. The van der Waals surface area contributed by atoms with Gasteiger partial charge in [0, 0.05) is 11.6 Å². The van der Waals surface area contributed by atoms with E-state index in [0.717, 1.165) is 5.56 Å². The lowest BCUT2D eigenvalue weighted by atomic mass is 10.1. The van der Waals surface area contributed by atoms with E-state index in [-0.39, 0.29) is 29.3 Å². The van der Waals surface area contributed by atoms with Crippen LogP contribution in [-0.4, -0.2) is 24.6 Å². The highest BCUT2D eigenvalue weighted by Crippen LogP contribution is 2.22. The average molecular weight is 296 g/mol. The summed E-state index contributed by atoms with van der Waals surface area (Å²) in [6.07, 6.45) is 0. The lowest BCUT2D eigenvalue weighted by Crippen LogP contribution is -2.49. The molecule has 0 aliphatic rings. The van der Waals surface area contributed by atoms with Crippen molar-refractivity contribution in [1.82, 2.24) is 10.6 Å². The van der Waals surface area contributed by atoms with E-state index in [1.165, 1.54) is 13.2 Å². The van der Waals surface area contributed by atoms with E-state index in [0.29, 0.717) is 0 Å². The second-order valence-corrected chi connectivity index (χ2v) is 6.24. The van der Waals surface area contributed by atoms with E-state index < -0.39 is 5.82 Å². The third-order valence-corrected chi connectivity index (χ3v) is 3.07. The molecule has 0 saturated carbocycles. The standard InChI is InChI=1S/C16H25FN2O2/c1-10(12-7-8-14(21-6)13(17)9-12)18-11(2)15(20)19-16(3,4)5/h7-11,18H,1-6H3,(H,19,20). The van der Waals surface area contributed by atoms with Crippen LogP contribution in [0.5, 0.6) is 5.75 Å². The molecule has 118 valence electrons. The molecule has 1 aromatic carbocycles. The molecule has 0 saturated heterocycles. The van der Waals surface area contributed by atoms with Gasteiger partial charge >= 0.3 is 0 Å². The highest BCUT2D eigenvalue weighted by atomic mass is 19.1. The number of methoxy groups -OCH3 is 1. The van der Waals surface area contributed by atoms with Crippen LogP contribution in [0, 0.1) is 5.82 Å². The Morgan fingerprint density at radius 2 is 1.90 bits per heavy atom. The topological polar surface area (TPSA) is 50.4 Å². The quantitative estimate of drug-likeness (QED) is 0.878. The highest BCUT2D eigenvalue weighted by molar-refractivity contribution is 5.81. The van der Waals surface area contributed by atoms with Crippen LogP contribution in [0.4, 0.5) is 4.39 Å². The summed E-state index contributed by atoms with van der Waals surface area (Å²) < 4.78 is 18.6. The Hall–Kier alpha value is -1.62. The molecule has 0 heterocycles. The van der Waals surface area contributed by atoms with Gasteiger partial charge in [0.2, 0.25) is 5.91 Å². The van der Waals surface area contributed by atoms with Crippen molar-refractivity contribution in [2.24, 2.45) is 0 Å². The van der Waals surface area contributed by atoms with Gasteiger partial charge < -0.3 is 10.1 Å². The van der Waals surface area contributed by atoms with Crippen molar-refractivity contribution in [3.63, 3.8) is 0 Å². The molecule has 0 spiro atoms. The molecule has 21 heavy (non-hydrogen) atoms. The molecule has 2 atom stereocenters. The molecule has 0 radical (unpaired) electrons. The second-order valence-electron chi connectivity index (χ2n) is 6.24. The van der Waals surface area contributed by atoms with E-state index in [1.807, 2.05) is 27.7 Å². The zero-order valence-electron chi connectivity index (χ0n) is 13.6. The summed E-state index contributed by atoms with van der Waals surface area (Å²) in [5, 5.41) is 6.07. The SMILES string of the molecule is COc1ccc(C(C)NC(C)C(=O)NC(C)(C)C)cc1F. The summed E-state index contributed by atoms with van der Waals surface area (Å²) in [4.78, 5) is 12.0. The van der Waals surface area contributed by atoms with Crippen molar-refractivity contribution < 1.29 is 13.9 Å². The smallest absolute Gasteiger partial charge is 0.237 e. The number of ether oxygens (including phenoxy) is 1. The molecule has 2 unspecified atom stereocenters. The molecule has 2 N–H and O–H groups in total. The Labute approximate surface area is 126 Å². The largest absolute Gasteiger partial charge is 0.494 e. The fraction of sp³-hybridized carbons (Fsp3) is 0.562. The summed E-state index contributed by atoms with van der Waals surface area (Å²) in [5.74, 6) is -0.275. The summed E-state index contributed by atoms with van der Waals surface area (Å²) in [6.45, 7) is 9.47. The van der Waals surface area contributed by atoms with Gasteiger partial charge in [-0.2, -0.15) is 0 Å². The Balaban J connectivity index is 2.70. The van der Waals surface area contributed by atoms with Crippen molar-refractivity contribution in [1.29, 1.82) is 0 Å². The van der Waals surface area contributed by atoms with Crippen molar-refractivity contribution in [2.75, 3.05) is 7.11 Å². The third-order valence-electron chi connectivity index (χ3n) is 3.07. The lowest BCUT2D eigenvalue weighted by Gasteiger charge is -2.25. The zero-order valence-corrected chi connectivity index (χ0v) is 13.6. The number of halogens is 1. The summed E-state index contributed by atoms with van der Waals surface area (Å²) in [7, 11) is 1.43. The van der Waals surface area contributed by atoms with E-state index in [4.69, 9.17) is 4.74 Å². The van der Waals surface area contributed by atoms with Crippen LogP contribution in [0.25, 0.3) is 0 Å². The van der Waals surface area contributed by atoms with Gasteiger partial charge in [0.15, 0.2) is 11.6 Å². The Morgan fingerprint density at radius 1 is 1.29 bits per heavy atom. The minimum atomic E-state index is -0.407. The van der Waals surface area contributed by atoms with Crippen LogP contribution < -0.4 is 15.4 Å². The van der Waals surface area contributed by atoms with Gasteiger partial charge in [-0.1, -0.05) is 6.07 Å². The Kier molecular flexibility index (Phi) is 5.72. The second kappa shape index (κ2) is 6.89. The van der Waals surface area contributed by atoms with Gasteiger partial charge in [-0.05, 0) is 52.3 Å². The maximum absolute atomic E-state index is 13.7. The van der Waals surface area contributed by atoms with Crippen molar-refractivity contribution in [3.8, 4) is 5.75 Å². The molecule has 4 nitrogen and oxygen atoms in total. The van der Waals surface area contributed by atoms with Crippen molar-refractivity contribution in [3.05, 3.63) is 29.6 Å². The van der Waals surface area contributed by atoms with Crippen LogP contribution in [0.1, 0.15) is 46.2 Å². The molecule has 0 aliphatic carbocycles. The molecule has 1 amide bonds. The Morgan fingerprint density at radius 3 is 2.38 bits per heavy atom. The predicted molar refractivity (Wildman–Crippen MR) is 81.9 cm³/mol. The number of rotatable bonds is 5. The molecule has 0 aliphatic heterocycles. The number of benzene rings is 1. The number of nitrogens with one attached hydrogen (secondary N) is 2. The molecular formula is C16H25FN2O2. The van der Waals surface area contributed by atoms with Gasteiger partial charge in [-0.15, -0.1) is 0 Å². The van der Waals surface area contributed by atoms with Crippen LogP contribution in [-0.2, 0) is 4.79 Å². The Bertz CT molecular complexity index is 498. The number of carbonyl (C=O) groups is 1. The molecule has 0 aromatic heterocycles. The molecule has 1 rings (SSSR count). The van der Waals surface area contributed by atoms with E-state index in [2.05, 4.69) is 10.6 Å². The average Bonchev–Trinajstić information content (AvgIpc) is 2.36. The molecule has 1 aromatic rings. The fourth-order valence-electron chi connectivity index (χ4n) is 1.98. The van der Waals surface area contributed by atoms with Crippen LogP contribution in [0.2, 0.25) is 0 Å². The number of hydrogen-bond donors (Lipinski definition) is 2. The van der Waals surface area contributed by atoms with Crippen molar-refractivity contribution in [2.45, 2.75) is 52.2 Å². The first-order valence-electron chi connectivity index (χ1n) is 7.05. The fourth-order valence-corrected chi connectivity index (χ4v) is 1.98. The third kappa shape index (κ3) is 5.34. The summed E-state index contributed by atoms with van der Waals surface area (Å²) in [6, 6.07) is 4.28. The van der Waals surface area contributed by atoms with Gasteiger partial charge in [0.05, 0.1) is 13.2 Å². The summed E-state index contributed by atoms with van der Waals surface area (Å²) >= 11 is 0. The minimum Gasteiger partial charge on any atom is -0.494 e. The highest BCUT2D eigenvalue weighted by Gasteiger charge is 2.21. The lowest BCUT2D eigenvalue weighted by molar-refractivity contribution is -0.124. The van der Waals surface area contributed by atoms with Gasteiger partial charge in [0.25, 0.3) is 0 Å². The maximum Gasteiger partial charge on any atom is 0.237 e. The monoisotopic (exact) mass is 296 g/mol. The van der Waals surface area contributed by atoms with Gasteiger partial charge in [0.1, 0.15) is 0 Å². The van der Waals surface area contributed by atoms with E-state index in [9.17, 15) is 9.18 Å². The van der Waals surface area contributed by atoms with Crippen molar-refractivity contribution >= 4 is 5.91 Å².